The molecule has 0 spiro atoms. The number of thiazole rings is 1. The van der Waals surface area contributed by atoms with E-state index >= 15 is 0 Å². The number of carbonyl (C=O) groups is 2. The summed E-state index contributed by atoms with van der Waals surface area (Å²) in [6.07, 6.45) is 0. The molecule has 2 heterocycles. The predicted molar refractivity (Wildman–Crippen MR) is 89.1 cm³/mol. The van der Waals surface area contributed by atoms with E-state index in [9.17, 15) is 9.59 Å². The van der Waals surface area contributed by atoms with Crippen LogP contribution in [0.3, 0.4) is 0 Å². The lowest BCUT2D eigenvalue weighted by Gasteiger charge is -2.09. The lowest BCUT2D eigenvalue weighted by atomic mass is 10.2. The number of nitrogens with zero attached hydrogens (tertiary/aromatic N) is 1. The van der Waals surface area contributed by atoms with Crippen molar-refractivity contribution in [3.05, 3.63) is 64.4 Å². The molecule has 2 aromatic heterocycles. The van der Waals surface area contributed by atoms with Gasteiger partial charge in [-0.2, -0.15) is 0 Å². The summed E-state index contributed by atoms with van der Waals surface area (Å²) >= 11 is 1.45. The standard InChI is InChI=1S/C17H14N2O4S/c1-10(18-15(20)13-7-8-14(23-13)17(21)22)16-19-12(9-24-16)11-5-3-2-4-6-11/h2-10H,1H3,(H,18,20)(H,21,22)/t10-/m1/s1. The Morgan fingerprint density at radius 3 is 2.54 bits per heavy atom. The van der Waals surface area contributed by atoms with Gasteiger partial charge in [-0.1, -0.05) is 30.3 Å². The number of aromatic carboxylic acids is 1. The van der Waals surface area contributed by atoms with E-state index in [-0.39, 0.29) is 17.6 Å². The Balaban J connectivity index is 1.70. The summed E-state index contributed by atoms with van der Waals surface area (Å²) in [4.78, 5) is 27.4. The fourth-order valence-corrected chi connectivity index (χ4v) is 2.97. The summed E-state index contributed by atoms with van der Waals surface area (Å²) in [5.41, 5.74) is 1.86. The highest BCUT2D eigenvalue weighted by Crippen LogP contribution is 2.25. The number of benzene rings is 1. The molecule has 1 aromatic carbocycles. The molecule has 6 nitrogen and oxygen atoms in total. The first-order valence-corrected chi connectivity index (χ1v) is 8.07. The highest BCUT2D eigenvalue weighted by Gasteiger charge is 2.19. The second kappa shape index (κ2) is 6.67. The number of aromatic nitrogens is 1. The van der Waals surface area contributed by atoms with Gasteiger partial charge in [-0.15, -0.1) is 11.3 Å². The van der Waals surface area contributed by atoms with Crippen LogP contribution in [-0.4, -0.2) is 22.0 Å². The smallest absolute Gasteiger partial charge is 0.371 e. The average molecular weight is 342 g/mol. The molecule has 0 aliphatic heterocycles. The minimum Gasteiger partial charge on any atom is -0.475 e. The number of furan rings is 1. The maximum Gasteiger partial charge on any atom is 0.371 e. The molecule has 0 saturated heterocycles. The Morgan fingerprint density at radius 2 is 1.88 bits per heavy atom. The maximum atomic E-state index is 12.1. The van der Waals surface area contributed by atoms with Crippen LogP contribution < -0.4 is 5.32 Å². The Kier molecular flexibility index (Phi) is 4.43. The molecule has 0 radical (unpaired) electrons. The molecule has 0 fully saturated rings. The molecule has 24 heavy (non-hydrogen) atoms. The molecule has 0 aliphatic rings. The molecule has 7 heteroatoms. The molecule has 3 aromatic rings. The molecule has 122 valence electrons. The molecule has 0 aliphatic carbocycles. The van der Waals surface area contributed by atoms with Crippen molar-refractivity contribution in [2.75, 3.05) is 0 Å². The fourth-order valence-electron chi connectivity index (χ4n) is 2.13. The SMILES string of the molecule is C[C@@H](NC(=O)c1ccc(C(=O)O)o1)c1nc(-c2ccccc2)cs1. The zero-order chi connectivity index (χ0) is 17.1. The van der Waals surface area contributed by atoms with Crippen molar-refractivity contribution >= 4 is 23.2 Å². The molecular formula is C17H14N2O4S. The van der Waals surface area contributed by atoms with Gasteiger partial charge in [0.25, 0.3) is 5.91 Å². The van der Waals surface area contributed by atoms with Gasteiger partial charge in [-0.3, -0.25) is 4.79 Å². The van der Waals surface area contributed by atoms with E-state index < -0.39 is 11.9 Å². The van der Waals surface area contributed by atoms with Crippen molar-refractivity contribution in [2.45, 2.75) is 13.0 Å². The van der Waals surface area contributed by atoms with Crippen LogP contribution in [0.1, 0.15) is 39.1 Å². The first-order valence-electron chi connectivity index (χ1n) is 7.19. The van der Waals surface area contributed by atoms with Gasteiger partial charge < -0.3 is 14.8 Å². The summed E-state index contributed by atoms with van der Waals surface area (Å²) in [6.45, 7) is 1.81. The van der Waals surface area contributed by atoms with E-state index in [0.717, 1.165) is 16.3 Å². The number of rotatable bonds is 5. The molecule has 1 atom stereocenters. The van der Waals surface area contributed by atoms with Gasteiger partial charge in [0.05, 0.1) is 11.7 Å². The van der Waals surface area contributed by atoms with Crippen LogP contribution in [0.2, 0.25) is 0 Å². The molecule has 0 unspecified atom stereocenters. The third-order valence-corrected chi connectivity index (χ3v) is 4.38. The predicted octanol–water partition coefficient (Wildman–Crippen LogP) is 3.59. The van der Waals surface area contributed by atoms with Gasteiger partial charge in [-0.05, 0) is 19.1 Å². The van der Waals surface area contributed by atoms with E-state index in [0.29, 0.717) is 0 Å². The fraction of sp³-hybridized carbons (Fsp3) is 0.118. The lowest BCUT2D eigenvalue weighted by molar-refractivity contribution is 0.0659. The Hall–Kier alpha value is -2.93. The molecule has 3 rings (SSSR count). The van der Waals surface area contributed by atoms with Crippen LogP contribution in [0.25, 0.3) is 11.3 Å². The van der Waals surface area contributed by atoms with E-state index in [1.165, 1.54) is 23.5 Å². The van der Waals surface area contributed by atoms with Gasteiger partial charge in [-0.25, -0.2) is 9.78 Å². The van der Waals surface area contributed by atoms with Gasteiger partial charge in [0.2, 0.25) is 5.76 Å². The topological polar surface area (TPSA) is 92.4 Å². The summed E-state index contributed by atoms with van der Waals surface area (Å²) in [6, 6.07) is 12.0. The average Bonchev–Trinajstić information content (AvgIpc) is 3.25. The Labute approximate surface area is 141 Å². The van der Waals surface area contributed by atoms with Gasteiger partial charge in [0.1, 0.15) is 5.01 Å². The maximum absolute atomic E-state index is 12.1. The van der Waals surface area contributed by atoms with E-state index in [2.05, 4.69) is 10.3 Å². The molecule has 2 N–H and O–H groups in total. The lowest BCUT2D eigenvalue weighted by Crippen LogP contribution is -2.26. The second-order valence-corrected chi connectivity index (χ2v) is 5.99. The van der Waals surface area contributed by atoms with Gasteiger partial charge >= 0.3 is 5.97 Å². The molecule has 0 saturated carbocycles. The van der Waals surface area contributed by atoms with Crippen molar-refractivity contribution in [1.29, 1.82) is 0 Å². The summed E-state index contributed by atoms with van der Waals surface area (Å²) in [7, 11) is 0. The summed E-state index contributed by atoms with van der Waals surface area (Å²) in [5.74, 6) is -2.01. The quantitative estimate of drug-likeness (QED) is 0.739. The normalized spacial score (nSPS) is 11.9. The van der Waals surface area contributed by atoms with Crippen LogP contribution in [0, 0.1) is 0 Å². The summed E-state index contributed by atoms with van der Waals surface area (Å²) < 4.78 is 4.99. The van der Waals surface area contributed by atoms with Crippen LogP contribution in [0.5, 0.6) is 0 Å². The minimum atomic E-state index is -1.21. The van der Waals surface area contributed by atoms with Crippen molar-refractivity contribution < 1.29 is 19.1 Å². The van der Waals surface area contributed by atoms with E-state index in [4.69, 9.17) is 9.52 Å². The number of hydrogen-bond donors (Lipinski definition) is 2. The van der Waals surface area contributed by atoms with Gasteiger partial charge in [0.15, 0.2) is 5.76 Å². The number of carboxylic acid groups (broad SMARTS) is 1. The second-order valence-electron chi connectivity index (χ2n) is 5.10. The third-order valence-electron chi connectivity index (χ3n) is 3.35. The Bertz CT molecular complexity index is 870. The number of carbonyl (C=O) groups excluding carboxylic acids is 1. The van der Waals surface area contributed by atoms with E-state index in [1.54, 1.807) is 0 Å². The van der Waals surface area contributed by atoms with Crippen LogP contribution in [0.4, 0.5) is 0 Å². The minimum absolute atomic E-state index is 0.0425. The van der Waals surface area contributed by atoms with Crippen LogP contribution >= 0.6 is 11.3 Å². The number of amides is 1. The van der Waals surface area contributed by atoms with Crippen molar-refractivity contribution in [1.82, 2.24) is 10.3 Å². The number of nitrogens with one attached hydrogen (secondary N) is 1. The van der Waals surface area contributed by atoms with Crippen molar-refractivity contribution in [3.63, 3.8) is 0 Å². The van der Waals surface area contributed by atoms with Crippen LogP contribution in [-0.2, 0) is 0 Å². The largest absolute Gasteiger partial charge is 0.475 e. The van der Waals surface area contributed by atoms with Gasteiger partial charge in [0, 0.05) is 10.9 Å². The molecular weight excluding hydrogens is 328 g/mol. The highest BCUT2D eigenvalue weighted by molar-refractivity contribution is 7.10. The van der Waals surface area contributed by atoms with Crippen molar-refractivity contribution in [2.24, 2.45) is 0 Å². The highest BCUT2D eigenvalue weighted by atomic mass is 32.1. The zero-order valence-corrected chi connectivity index (χ0v) is 13.5. The monoisotopic (exact) mass is 342 g/mol. The first kappa shape index (κ1) is 15.9. The van der Waals surface area contributed by atoms with E-state index in [1.807, 2.05) is 42.6 Å². The first-order chi connectivity index (χ1) is 11.5. The molecule has 0 bridgehead atoms. The zero-order valence-electron chi connectivity index (χ0n) is 12.7. The van der Waals surface area contributed by atoms with Crippen molar-refractivity contribution in [3.8, 4) is 11.3 Å². The summed E-state index contributed by atoms with van der Waals surface area (Å²) in [5, 5.41) is 14.3. The number of carboxylic acids is 1. The third kappa shape index (κ3) is 3.36. The Morgan fingerprint density at radius 1 is 1.17 bits per heavy atom. The number of hydrogen-bond acceptors (Lipinski definition) is 5. The van der Waals surface area contributed by atoms with Crippen LogP contribution in [0.15, 0.2) is 52.3 Å². The molecule has 1 amide bonds.